The van der Waals surface area contributed by atoms with Crippen LogP contribution in [-0.2, 0) is 14.9 Å². The highest BCUT2D eigenvalue weighted by Gasteiger charge is 2.42. The minimum Gasteiger partial charge on any atom is -0.381 e. The van der Waals surface area contributed by atoms with Crippen LogP contribution in [0.25, 0.3) is 0 Å². The minimum atomic E-state index is 0. The molecular weight excluding hydrogens is 489 g/mol. The first-order chi connectivity index (χ1) is 13.1. The lowest BCUT2D eigenvalue weighted by Gasteiger charge is -2.39. The maximum Gasteiger partial charge on any atom is 0.193 e. The van der Waals surface area contributed by atoms with E-state index in [1.807, 2.05) is 19.2 Å². The number of guanidine groups is 1. The van der Waals surface area contributed by atoms with Gasteiger partial charge in [-0.05, 0) is 43.4 Å². The molecule has 7 heteroatoms. The van der Waals surface area contributed by atoms with Crippen molar-refractivity contribution in [2.24, 2.45) is 10.4 Å². The Morgan fingerprint density at radius 2 is 1.96 bits per heavy atom. The van der Waals surface area contributed by atoms with Crippen LogP contribution < -0.4 is 5.32 Å². The zero-order chi connectivity index (χ0) is 18.7. The summed E-state index contributed by atoms with van der Waals surface area (Å²) >= 11 is 6.29. The molecule has 0 bridgehead atoms. The lowest BCUT2D eigenvalue weighted by molar-refractivity contribution is 0.0512. The molecule has 1 unspecified atom stereocenters. The largest absolute Gasteiger partial charge is 0.381 e. The molecule has 1 aromatic carbocycles. The van der Waals surface area contributed by atoms with Crippen molar-refractivity contribution in [2.45, 2.75) is 31.1 Å². The molecule has 0 aromatic heterocycles. The first-order valence-electron chi connectivity index (χ1n) is 10.0. The summed E-state index contributed by atoms with van der Waals surface area (Å²) in [6.45, 7) is 6.32. The Balaban J connectivity index is 0.00000225. The van der Waals surface area contributed by atoms with E-state index >= 15 is 0 Å². The third-order valence-electron chi connectivity index (χ3n) is 6.61. The quantitative estimate of drug-likeness (QED) is 0.376. The highest BCUT2D eigenvalue weighted by molar-refractivity contribution is 14.0. The highest BCUT2D eigenvalue weighted by atomic mass is 127. The van der Waals surface area contributed by atoms with Crippen molar-refractivity contribution in [2.75, 3.05) is 53.1 Å². The van der Waals surface area contributed by atoms with E-state index < -0.39 is 0 Å². The normalized spacial score (nSPS) is 27.1. The molecule has 3 aliphatic heterocycles. The van der Waals surface area contributed by atoms with Gasteiger partial charge in [0.2, 0.25) is 0 Å². The molecule has 3 aliphatic rings. The van der Waals surface area contributed by atoms with Gasteiger partial charge in [-0.15, -0.1) is 24.0 Å². The second-order valence-electron chi connectivity index (χ2n) is 8.28. The number of nitrogens with one attached hydrogen (secondary N) is 1. The van der Waals surface area contributed by atoms with Gasteiger partial charge >= 0.3 is 0 Å². The van der Waals surface area contributed by atoms with Crippen molar-refractivity contribution in [3.05, 3.63) is 34.9 Å². The lowest BCUT2D eigenvalue weighted by atomic mass is 9.74. The number of benzene rings is 1. The zero-order valence-corrected chi connectivity index (χ0v) is 19.7. The van der Waals surface area contributed by atoms with Crippen molar-refractivity contribution < 1.29 is 9.47 Å². The van der Waals surface area contributed by atoms with Crippen molar-refractivity contribution in [1.29, 1.82) is 0 Å². The molecule has 156 valence electrons. The molecule has 5 nitrogen and oxygen atoms in total. The lowest BCUT2D eigenvalue weighted by Crippen LogP contribution is -2.49. The monoisotopic (exact) mass is 519 g/mol. The van der Waals surface area contributed by atoms with E-state index in [0.717, 1.165) is 69.9 Å². The Bertz CT molecular complexity index is 688. The van der Waals surface area contributed by atoms with Crippen LogP contribution in [0.15, 0.2) is 29.3 Å². The fourth-order valence-corrected chi connectivity index (χ4v) is 5.01. The number of nitrogens with zero attached hydrogens (tertiary/aromatic N) is 2. The van der Waals surface area contributed by atoms with Crippen LogP contribution in [0.4, 0.5) is 0 Å². The van der Waals surface area contributed by atoms with Crippen LogP contribution >= 0.6 is 35.6 Å². The molecular formula is C21H31ClIN3O2. The van der Waals surface area contributed by atoms with Crippen LogP contribution in [0, 0.1) is 5.41 Å². The van der Waals surface area contributed by atoms with E-state index in [0.29, 0.717) is 5.41 Å². The van der Waals surface area contributed by atoms with Crippen molar-refractivity contribution in [3.63, 3.8) is 0 Å². The van der Waals surface area contributed by atoms with E-state index in [1.54, 1.807) is 0 Å². The molecule has 1 aromatic rings. The number of rotatable bonds is 3. The number of halogens is 2. The van der Waals surface area contributed by atoms with E-state index in [1.165, 1.54) is 18.4 Å². The standard InChI is InChI=1S/C21H30ClN3O2.HI/c1-23-19(25-9-5-20(15-25)6-10-27-16-20)24-14-21(7-11-26-12-8-21)17-3-2-4-18(22)13-17;/h2-4,13H,5-12,14-16H2,1H3,(H,23,24);1H. The Labute approximate surface area is 190 Å². The van der Waals surface area contributed by atoms with E-state index in [9.17, 15) is 0 Å². The molecule has 3 fully saturated rings. The summed E-state index contributed by atoms with van der Waals surface area (Å²) in [6.07, 6.45) is 4.36. The van der Waals surface area contributed by atoms with Gasteiger partial charge in [-0.3, -0.25) is 4.99 Å². The molecule has 1 atom stereocenters. The van der Waals surface area contributed by atoms with Crippen LogP contribution in [0.5, 0.6) is 0 Å². The summed E-state index contributed by atoms with van der Waals surface area (Å²) in [6, 6.07) is 8.30. The molecule has 28 heavy (non-hydrogen) atoms. The third kappa shape index (κ3) is 4.60. The van der Waals surface area contributed by atoms with E-state index in [-0.39, 0.29) is 29.4 Å². The summed E-state index contributed by atoms with van der Waals surface area (Å²) in [7, 11) is 1.88. The average molecular weight is 520 g/mol. The van der Waals surface area contributed by atoms with Crippen molar-refractivity contribution in [1.82, 2.24) is 10.2 Å². The van der Waals surface area contributed by atoms with Crippen LogP contribution in [0.1, 0.15) is 31.2 Å². The van der Waals surface area contributed by atoms with Gasteiger partial charge in [0, 0.05) is 62.4 Å². The van der Waals surface area contributed by atoms with Crippen molar-refractivity contribution >= 4 is 41.5 Å². The topological polar surface area (TPSA) is 46.1 Å². The number of hydrogen-bond donors (Lipinski definition) is 1. The van der Waals surface area contributed by atoms with Gasteiger partial charge < -0.3 is 19.7 Å². The molecule has 1 N–H and O–H groups in total. The zero-order valence-electron chi connectivity index (χ0n) is 16.6. The fraction of sp³-hybridized carbons (Fsp3) is 0.667. The summed E-state index contributed by atoms with van der Waals surface area (Å²) in [5.74, 6) is 1.01. The molecule has 3 saturated heterocycles. The molecule has 0 saturated carbocycles. The maximum atomic E-state index is 6.29. The minimum absolute atomic E-state index is 0. The van der Waals surface area contributed by atoms with Gasteiger partial charge in [0.15, 0.2) is 5.96 Å². The van der Waals surface area contributed by atoms with Crippen LogP contribution in [0.3, 0.4) is 0 Å². The van der Waals surface area contributed by atoms with Gasteiger partial charge in [-0.1, -0.05) is 23.7 Å². The van der Waals surface area contributed by atoms with Crippen LogP contribution in [0.2, 0.25) is 5.02 Å². The first kappa shape index (κ1) is 22.1. The van der Waals surface area contributed by atoms with Gasteiger partial charge in [0.05, 0.1) is 6.61 Å². The fourth-order valence-electron chi connectivity index (χ4n) is 4.82. The number of hydrogen-bond acceptors (Lipinski definition) is 3. The Kier molecular flexibility index (Phi) is 7.50. The summed E-state index contributed by atoms with van der Waals surface area (Å²) in [5.41, 5.74) is 1.66. The predicted molar refractivity (Wildman–Crippen MR) is 124 cm³/mol. The maximum absolute atomic E-state index is 6.29. The summed E-state index contributed by atoms with van der Waals surface area (Å²) in [4.78, 5) is 6.99. The van der Waals surface area contributed by atoms with E-state index in [2.05, 4.69) is 27.3 Å². The predicted octanol–water partition coefficient (Wildman–Crippen LogP) is 3.69. The molecule has 0 aliphatic carbocycles. The molecule has 0 amide bonds. The van der Waals surface area contributed by atoms with Gasteiger partial charge in [-0.25, -0.2) is 0 Å². The molecule has 0 radical (unpaired) electrons. The van der Waals surface area contributed by atoms with Crippen molar-refractivity contribution in [3.8, 4) is 0 Å². The van der Waals surface area contributed by atoms with Gasteiger partial charge in [-0.2, -0.15) is 0 Å². The molecule has 4 rings (SSSR count). The Morgan fingerprint density at radius 1 is 1.18 bits per heavy atom. The summed E-state index contributed by atoms with van der Waals surface area (Å²) < 4.78 is 11.3. The first-order valence-corrected chi connectivity index (χ1v) is 10.4. The third-order valence-corrected chi connectivity index (χ3v) is 6.84. The van der Waals surface area contributed by atoms with E-state index in [4.69, 9.17) is 21.1 Å². The second-order valence-corrected chi connectivity index (χ2v) is 8.71. The van der Waals surface area contributed by atoms with Crippen LogP contribution in [-0.4, -0.2) is 64.0 Å². The smallest absolute Gasteiger partial charge is 0.193 e. The number of aliphatic imine (C=N–C) groups is 1. The summed E-state index contributed by atoms with van der Waals surface area (Å²) in [5, 5.41) is 4.48. The Morgan fingerprint density at radius 3 is 2.64 bits per heavy atom. The average Bonchev–Trinajstić information content (AvgIpc) is 3.33. The SMILES string of the molecule is CN=C(NCC1(c2cccc(Cl)c2)CCOCC1)N1CCC2(CCOC2)C1.I. The number of likely N-dealkylation sites (tertiary alicyclic amines) is 1. The second kappa shape index (κ2) is 9.49. The Hall–Kier alpha value is -0.570. The highest BCUT2D eigenvalue weighted by Crippen LogP contribution is 2.39. The molecule has 1 spiro atoms. The van der Waals surface area contributed by atoms with Gasteiger partial charge in [0.25, 0.3) is 0 Å². The molecule has 3 heterocycles. The number of ether oxygens (including phenoxy) is 2. The van der Waals surface area contributed by atoms with Gasteiger partial charge in [0.1, 0.15) is 0 Å².